The summed E-state index contributed by atoms with van der Waals surface area (Å²) in [5, 5.41) is 3.60. The number of nitrogens with zero attached hydrogens (tertiary/aromatic N) is 1. The van der Waals surface area contributed by atoms with Gasteiger partial charge in [-0.3, -0.25) is 0 Å². The average molecular weight is 276 g/mol. The van der Waals surface area contributed by atoms with Crippen LogP contribution in [-0.2, 0) is 6.54 Å². The predicted octanol–water partition coefficient (Wildman–Crippen LogP) is 3.88. The molecule has 1 N–H and O–H groups in total. The minimum atomic E-state index is 0.612. The second kappa shape index (κ2) is 8.43. The molecule has 0 saturated carbocycles. The first-order chi connectivity index (χ1) is 9.40. The molecule has 0 bridgehead atoms. The van der Waals surface area contributed by atoms with Gasteiger partial charge in [0, 0.05) is 19.1 Å². The van der Waals surface area contributed by atoms with Crippen LogP contribution in [0, 0.1) is 5.92 Å². The fourth-order valence-electron chi connectivity index (χ4n) is 2.42. The largest absolute Gasteiger partial charge is 0.311 e. The van der Waals surface area contributed by atoms with Crippen LogP contribution in [0.25, 0.3) is 0 Å². The molecule has 0 aliphatic heterocycles. The summed E-state index contributed by atoms with van der Waals surface area (Å²) >= 11 is 0. The van der Waals surface area contributed by atoms with Gasteiger partial charge in [0.1, 0.15) is 0 Å². The van der Waals surface area contributed by atoms with E-state index in [0.29, 0.717) is 12.0 Å². The first-order valence-electron chi connectivity index (χ1n) is 7.86. The third-order valence-corrected chi connectivity index (χ3v) is 3.83. The zero-order valence-electron chi connectivity index (χ0n) is 14.1. The minimum absolute atomic E-state index is 0.612. The van der Waals surface area contributed by atoms with Crippen molar-refractivity contribution >= 4 is 0 Å². The molecule has 20 heavy (non-hydrogen) atoms. The highest BCUT2D eigenvalue weighted by Crippen LogP contribution is 2.14. The number of rotatable bonds is 8. The van der Waals surface area contributed by atoms with Gasteiger partial charge >= 0.3 is 0 Å². The zero-order valence-corrected chi connectivity index (χ0v) is 14.1. The van der Waals surface area contributed by atoms with Crippen molar-refractivity contribution in [1.82, 2.24) is 10.2 Å². The first kappa shape index (κ1) is 17.2. The molecular formula is C18H32N2. The molecule has 0 radical (unpaired) electrons. The van der Waals surface area contributed by atoms with Crippen molar-refractivity contribution in [1.29, 1.82) is 0 Å². The topological polar surface area (TPSA) is 15.3 Å². The van der Waals surface area contributed by atoms with Crippen LogP contribution >= 0.6 is 0 Å². The molecule has 0 spiro atoms. The second-order valence-corrected chi connectivity index (χ2v) is 6.77. The molecule has 0 aliphatic carbocycles. The standard InChI is InChI=1S/C18H32N2/c1-14(2)11-18(20(5)6)13-19-12-16-7-9-17(10-8-16)15(3)4/h7-10,14-15,18-19H,11-13H2,1-6H3. The molecule has 0 aromatic heterocycles. The number of likely N-dealkylation sites (N-methyl/N-ethyl adjacent to an activating group) is 1. The van der Waals surface area contributed by atoms with Crippen LogP contribution < -0.4 is 5.32 Å². The van der Waals surface area contributed by atoms with Gasteiger partial charge in [0.05, 0.1) is 0 Å². The van der Waals surface area contributed by atoms with Crippen LogP contribution in [-0.4, -0.2) is 31.6 Å². The van der Waals surface area contributed by atoms with E-state index in [9.17, 15) is 0 Å². The van der Waals surface area contributed by atoms with E-state index in [1.54, 1.807) is 0 Å². The Labute approximate surface area is 125 Å². The van der Waals surface area contributed by atoms with Gasteiger partial charge in [-0.2, -0.15) is 0 Å². The second-order valence-electron chi connectivity index (χ2n) is 6.77. The Kier molecular flexibility index (Phi) is 7.25. The van der Waals surface area contributed by atoms with Crippen molar-refractivity contribution in [3.63, 3.8) is 0 Å². The summed E-state index contributed by atoms with van der Waals surface area (Å²) in [5.41, 5.74) is 2.79. The van der Waals surface area contributed by atoms with Crippen molar-refractivity contribution in [3.8, 4) is 0 Å². The lowest BCUT2D eigenvalue weighted by Gasteiger charge is -2.26. The normalized spacial score (nSPS) is 13.4. The molecule has 1 rings (SSSR count). The molecule has 0 amide bonds. The van der Waals surface area contributed by atoms with Crippen molar-refractivity contribution in [2.24, 2.45) is 5.92 Å². The predicted molar refractivity (Wildman–Crippen MR) is 89.2 cm³/mol. The Hall–Kier alpha value is -0.860. The highest BCUT2D eigenvalue weighted by Gasteiger charge is 2.12. The summed E-state index contributed by atoms with van der Waals surface area (Å²) in [5.74, 6) is 1.36. The van der Waals surface area contributed by atoms with Crippen molar-refractivity contribution in [2.75, 3.05) is 20.6 Å². The number of benzene rings is 1. The summed E-state index contributed by atoms with van der Waals surface area (Å²) < 4.78 is 0. The molecular weight excluding hydrogens is 244 g/mol. The van der Waals surface area contributed by atoms with Crippen LogP contribution in [0.2, 0.25) is 0 Å². The van der Waals surface area contributed by atoms with E-state index in [4.69, 9.17) is 0 Å². The van der Waals surface area contributed by atoms with E-state index in [-0.39, 0.29) is 0 Å². The van der Waals surface area contributed by atoms with Crippen LogP contribution in [0.3, 0.4) is 0 Å². The van der Waals surface area contributed by atoms with E-state index < -0.39 is 0 Å². The monoisotopic (exact) mass is 276 g/mol. The van der Waals surface area contributed by atoms with Gasteiger partial charge in [0.15, 0.2) is 0 Å². The molecule has 0 heterocycles. The summed E-state index contributed by atoms with van der Waals surface area (Å²) in [6.07, 6.45) is 1.24. The molecule has 2 nitrogen and oxygen atoms in total. The van der Waals surface area contributed by atoms with Crippen molar-refractivity contribution in [2.45, 2.75) is 52.6 Å². The van der Waals surface area contributed by atoms with E-state index in [0.717, 1.165) is 19.0 Å². The lowest BCUT2D eigenvalue weighted by Crippen LogP contribution is -2.38. The number of nitrogens with one attached hydrogen (secondary N) is 1. The molecule has 114 valence electrons. The summed E-state index contributed by atoms with van der Waals surface area (Å²) in [6, 6.07) is 9.61. The van der Waals surface area contributed by atoms with E-state index in [2.05, 4.69) is 76.3 Å². The molecule has 0 fully saturated rings. The maximum absolute atomic E-state index is 3.60. The molecule has 1 aromatic rings. The molecule has 0 aliphatic rings. The van der Waals surface area contributed by atoms with Gasteiger partial charge < -0.3 is 10.2 Å². The molecule has 2 heteroatoms. The summed E-state index contributed by atoms with van der Waals surface area (Å²) in [4.78, 5) is 2.33. The maximum Gasteiger partial charge on any atom is 0.0217 e. The lowest BCUT2D eigenvalue weighted by atomic mass is 10.0. The van der Waals surface area contributed by atoms with Gasteiger partial charge in [-0.25, -0.2) is 0 Å². The van der Waals surface area contributed by atoms with E-state index in [1.807, 2.05) is 0 Å². The highest BCUT2D eigenvalue weighted by molar-refractivity contribution is 5.24. The number of hydrogen-bond acceptors (Lipinski definition) is 2. The Morgan fingerprint density at radius 1 is 1.00 bits per heavy atom. The van der Waals surface area contributed by atoms with E-state index in [1.165, 1.54) is 17.5 Å². The fourth-order valence-corrected chi connectivity index (χ4v) is 2.42. The average Bonchev–Trinajstić information content (AvgIpc) is 2.37. The number of hydrogen-bond donors (Lipinski definition) is 1. The third kappa shape index (κ3) is 6.06. The van der Waals surface area contributed by atoms with Gasteiger partial charge in [-0.05, 0) is 43.5 Å². The first-order valence-corrected chi connectivity index (χ1v) is 7.86. The quantitative estimate of drug-likeness (QED) is 0.775. The van der Waals surface area contributed by atoms with Crippen molar-refractivity contribution < 1.29 is 0 Å². The van der Waals surface area contributed by atoms with Crippen LogP contribution in [0.1, 0.15) is 51.2 Å². The lowest BCUT2D eigenvalue weighted by molar-refractivity contribution is 0.246. The Bertz CT molecular complexity index is 366. The van der Waals surface area contributed by atoms with Gasteiger partial charge in [-0.1, -0.05) is 52.0 Å². The van der Waals surface area contributed by atoms with Gasteiger partial charge in [0.2, 0.25) is 0 Å². The molecule has 1 aromatic carbocycles. The summed E-state index contributed by atoms with van der Waals surface area (Å²) in [7, 11) is 4.35. The van der Waals surface area contributed by atoms with Gasteiger partial charge in [-0.15, -0.1) is 0 Å². The van der Waals surface area contributed by atoms with Crippen molar-refractivity contribution in [3.05, 3.63) is 35.4 Å². The zero-order chi connectivity index (χ0) is 15.1. The molecule has 0 saturated heterocycles. The highest BCUT2D eigenvalue weighted by atomic mass is 15.1. The van der Waals surface area contributed by atoms with Crippen LogP contribution in [0.5, 0.6) is 0 Å². The minimum Gasteiger partial charge on any atom is -0.311 e. The molecule has 1 atom stereocenters. The van der Waals surface area contributed by atoms with Crippen LogP contribution in [0.4, 0.5) is 0 Å². The SMILES string of the molecule is CC(C)CC(CNCc1ccc(C(C)C)cc1)N(C)C. The Morgan fingerprint density at radius 2 is 1.60 bits per heavy atom. The maximum atomic E-state index is 3.60. The van der Waals surface area contributed by atoms with Crippen LogP contribution in [0.15, 0.2) is 24.3 Å². The van der Waals surface area contributed by atoms with Gasteiger partial charge in [0.25, 0.3) is 0 Å². The smallest absolute Gasteiger partial charge is 0.0217 e. The Morgan fingerprint density at radius 3 is 2.05 bits per heavy atom. The summed E-state index contributed by atoms with van der Waals surface area (Å²) in [6.45, 7) is 11.1. The molecule has 1 unspecified atom stereocenters. The van der Waals surface area contributed by atoms with E-state index >= 15 is 0 Å². The fraction of sp³-hybridized carbons (Fsp3) is 0.667. The third-order valence-electron chi connectivity index (χ3n) is 3.83. The Balaban J connectivity index is 2.42.